The van der Waals surface area contributed by atoms with Crippen molar-refractivity contribution in [3.63, 3.8) is 0 Å². The first-order valence-corrected chi connectivity index (χ1v) is 14.9. The molecular formula is C31H49N3O5. The first-order chi connectivity index (χ1) is 18.4. The van der Waals surface area contributed by atoms with Crippen molar-refractivity contribution >= 4 is 17.7 Å². The van der Waals surface area contributed by atoms with Gasteiger partial charge in [-0.05, 0) is 44.9 Å². The van der Waals surface area contributed by atoms with Gasteiger partial charge in [0.25, 0.3) is 0 Å². The highest BCUT2D eigenvalue weighted by Gasteiger charge is 2.72. The van der Waals surface area contributed by atoms with E-state index in [0.29, 0.717) is 26.2 Å². The average molecular weight is 544 g/mol. The largest absolute Gasteiger partial charge is 0.396 e. The van der Waals surface area contributed by atoms with Gasteiger partial charge in [-0.15, -0.1) is 0 Å². The van der Waals surface area contributed by atoms with Crippen LogP contribution in [0.4, 0.5) is 0 Å². The number of rotatable bonds is 10. The number of hydrogen-bond acceptors (Lipinski definition) is 5. The molecule has 2 fully saturated rings. The van der Waals surface area contributed by atoms with Gasteiger partial charge in [0.1, 0.15) is 11.6 Å². The number of aliphatic hydroxyl groups excluding tert-OH is 1. The van der Waals surface area contributed by atoms with Crippen molar-refractivity contribution in [2.45, 2.75) is 103 Å². The first kappa shape index (κ1) is 29.8. The highest BCUT2D eigenvalue weighted by Crippen LogP contribution is 2.54. The van der Waals surface area contributed by atoms with Crippen LogP contribution >= 0.6 is 0 Å². The SMILES string of the molecule is CCCN1CC=C[C@@H]2O[C@]34C=CCN(C(C)(C)CC(C)(C)C)C(=O)C3N(CCCCCCO)C(=O)[C@@H]4[C@@H]2C1=O. The summed E-state index contributed by atoms with van der Waals surface area (Å²) in [7, 11) is 0. The van der Waals surface area contributed by atoms with E-state index >= 15 is 0 Å². The molecule has 8 nitrogen and oxygen atoms in total. The summed E-state index contributed by atoms with van der Waals surface area (Å²) in [6.07, 6.45) is 12.1. The quantitative estimate of drug-likeness (QED) is 0.336. The van der Waals surface area contributed by atoms with E-state index in [2.05, 4.69) is 34.6 Å². The second-order valence-corrected chi connectivity index (χ2v) is 13.6. The second kappa shape index (κ2) is 11.4. The predicted molar refractivity (Wildman–Crippen MR) is 151 cm³/mol. The smallest absolute Gasteiger partial charge is 0.249 e. The standard InChI is InChI=1S/C31H49N3O5/c1-7-16-32-17-12-14-22-23(26(32)36)24-27(37)33(18-10-8-9-11-20-35)25-28(38)34(19-13-15-31(24,25)39-22)30(5,6)21-29(2,3)4/h12-15,22-25,35H,7-11,16-21H2,1-6H3/t22-,23+,24-,25?,31-/m0/s1. The molecule has 1 N–H and O–H groups in total. The second-order valence-electron chi connectivity index (χ2n) is 13.6. The molecule has 4 aliphatic rings. The topological polar surface area (TPSA) is 90.4 Å². The van der Waals surface area contributed by atoms with Gasteiger partial charge in [-0.25, -0.2) is 0 Å². The fraction of sp³-hybridized carbons (Fsp3) is 0.774. The fourth-order valence-corrected chi connectivity index (χ4v) is 7.59. The predicted octanol–water partition coefficient (Wildman–Crippen LogP) is 3.54. The van der Waals surface area contributed by atoms with Crippen LogP contribution in [0.25, 0.3) is 0 Å². The fourth-order valence-electron chi connectivity index (χ4n) is 7.59. The third kappa shape index (κ3) is 5.56. The summed E-state index contributed by atoms with van der Waals surface area (Å²) in [5, 5.41) is 9.17. The third-order valence-electron chi connectivity index (χ3n) is 8.74. The molecule has 4 aliphatic heterocycles. The molecule has 4 rings (SSSR count). The lowest BCUT2D eigenvalue weighted by Gasteiger charge is -2.44. The van der Waals surface area contributed by atoms with Crippen LogP contribution < -0.4 is 0 Å². The Hall–Kier alpha value is -2.19. The van der Waals surface area contributed by atoms with Gasteiger partial charge in [0, 0.05) is 38.3 Å². The molecule has 1 spiro atoms. The van der Waals surface area contributed by atoms with Crippen LogP contribution in [0.3, 0.4) is 0 Å². The third-order valence-corrected chi connectivity index (χ3v) is 8.74. The number of aliphatic hydroxyl groups is 1. The number of carbonyl (C=O) groups excluding carboxylic acids is 3. The number of nitrogens with zero attached hydrogens (tertiary/aromatic N) is 3. The Labute approximate surface area is 234 Å². The molecule has 0 aromatic heterocycles. The summed E-state index contributed by atoms with van der Waals surface area (Å²) in [6.45, 7) is 14.9. The van der Waals surface area contributed by atoms with Gasteiger partial charge in [0.2, 0.25) is 17.7 Å². The van der Waals surface area contributed by atoms with Crippen LogP contribution in [0.2, 0.25) is 0 Å². The molecule has 0 aliphatic carbocycles. The maximum Gasteiger partial charge on any atom is 0.249 e. The first-order valence-electron chi connectivity index (χ1n) is 14.9. The zero-order chi connectivity index (χ0) is 28.6. The average Bonchev–Trinajstić information content (AvgIpc) is 3.14. The number of hydrogen-bond donors (Lipinski definition) is 1. The molecule has 8 heteroatoms. The van der Waals surface area contributed by atoms with E-state index in [9.17, 15) is 19.5 Å². The minimum Gasteiger partial charge on any atom is -0.396 e. The molecule has 0 radical (unpaired) electrons. The van der Waals surface area contributed by atoms with Crippen LogP contribution in [0.5, 0.6) is 0 Å². The molecule has 3 amide bonds. The van der Waals surface area contributed by atoms with Gasteiger partial charge in [-0.3, -0.25) is 14.4 Å². The maximum atomic E-state index is 14.6. The Morgan fingerprint density at radius 1 is 0.949 bits per heavy atom. The van der Waals surface area contributed by atoms with Crippen LogP contribution in [-0.2, 0) is 19.1 Å². The van der Waals surface area contributed by atoms with Crippen molar-refractivity contribution < 1.29 is 24.2 Å². The van der Waals surface area contributed by atoms with Crippen molar-refractivity contribution in [3.8, 4) is 0 Å². The Bertz CT molecular complexity index is 999. The van der Waals surface area contributed by atoms with Gasteiger partial charge >= 0.3 is 0 Å². The number of ether oxygens (including phenoxy) is 1. The van der Waals surface area contributed by atoms with Crippen LogP contribution in [0.15, 0.2) is 24.3 Å². The summed E-state index contributed by atoms with van der Waals surface area (Å²) in [6, 6.07) is -0.807. The zero-order valence-corrected chi connectivity index (χ0v) is 24.8. The minimum atomic E-state index is -1.17. The molecule has 1 unspecified atom stereocenters. The molecule has 0 aromatic carbocycles. The molecular weight excluding hydrogens is 494 g/mol. The lowest BCUT2D eigenvalue weighted by atomic mass is 9.77. The lowest BCUT2D eigenvalue weighted by molar-refractivity contribution is -0.152. The molecule has 4 heterocycles. The molecule has 0 aromatic rings. The van der Waals surface area contributed by atoms with Crippen molar-refractivity contribution in [1.82, 2.24) is 14.7 Å². The van der Waals surface area contributed by atoms with Gasteiger partial charge in [-0.2, -0.15) is 0 Å². The molecule has 0 bridgehead atoms. The lowest BCUT2D eigenvalue weighted by Crippen LogP contribution is -2.59. The molecule has 218 valence electrons. The number of amides is 3. The Balaban J connectivity index is 1.74. The van der Waals surface area contributed by atoms with E-state index in [0.717, 1.165) is 38.5 Å². The zero-order valence-electron chi connectivity index (χ0n) is 24.8. The Kier molecular flexibility index (Phi) is 8.67. The van der Waals surface area contributed by atoms with Crippen molar-refractivity contribution in [2.75, 3.05) is 32.8 Å². The number of fused-ring (bicyclic) bond motifs is 2. The highest BCUT2D eigenvalue weighted by atomic mass is 16.5. The summed E-state index contributed by atoms with van der Waals surface area (Å²) in [4.78, 5) is 48.2. The van der Waals surface area contributed by atoms with E-state index in [4.69, 9.17) is 4.74 Å². The summed E-state index contributed by atoms with van der Waals surface area (Å²) in [5.74, 6) is -1.68. The van der Waals surface area contributed by atoms with Gasteiger partial charge in [0.05, 0.1) is 17.9 Å². The van der Waals surface area contributed by atoms with Crippen LogP contribution in [-0.4, -0.2) is 93.6 Å². The molecule has 0 saturated carbocycles. The van der Waals surface area contributed by atoms with Crippen LogP contribution in [0.1, 0.15) is 80.1 Å². The van der Waals surface area contributed by atoms with E-state index in [1.807, 2.05) is 41.0 Å². The van der Waals surface area contributed by atoms with E-state index in [-0.39, 0.29) is 29.7 Å². The molecule has 2 saturated heterocycles. The normalized spacial score (nSPS) is 30.9. The monoisotopic (exact) mass is 543 g/mol. The van der Waals surface area contributed by atoms with Gasteiger partial charge < -0.3 is 24.5 Å². The number of unbranched alkanes of at least 4 members (excludes halogenated alkanes) is 3. The molecule has 5 atom stereocenters. The van der Waals surface area contributed by atoms with Crippen LogP contribution in [0, 0.1) is 17.3 Å². The maximum absolute atomic E-state index is 14.6. The van der Waals surface area contributed by atoms with Crippen molar-refractivity contribution in [2.24, 2.45) is 17.3 Å². The summed E-state index contributed by atoms with van der Waals surface area (Å²) < 4.78 is 6.75. The van der Waals surface area contributed by atoms with Gasteiger partial charge in [-0.1, -0.05) is 64.8 Å². The number of carbonyl (C=O) groups is 3. The molecule has 39 heavy (non-hydrogen) atoms. The number of likely N-dealkylation sites (tertiary alicyclic amines) is 1. The Morgan fingerprint density at radius 3 is 2.33 bits per heavy atom. The van der Waals surface area contributed by atoms with E-state index in [1.54, 1.807) is 4.90 Å². The van der Waals surface area contributed by atoms with E-state index in [1.165, 1.54) is 0 Å². The Morgan fingerprint density at radius 2 is 1.67 bits per heavy atom. The van der Waals surface area contributed by atoms with Crippen molar-refractivity contribution in [3.05, 3.63) is 24.3 Å². The van der Waals surface area contributed by atoms with Gasteiger partial charge in [0.15, 0.2) is 0 Å². The minimum absolute atomic E-state index is 0.00884. The highest BCUT2D eigenvalue weighted by molar-refractivity contribution is 6.00. The van der Waals surface area contributed by atoms with Crippen molar-refractivity contribution in [1.29, 1.82) is 0 Å². The van der Waals surface area contributed by atoms with E-state index < -0.39 is 35.1 Å². The summed E-state index contributed by atoms with van der Waals surface area (Å²) in [5.41, 5.74) is -1.60. The summed E-state index contributed by atoms with van der Waals surface area (Å²) >= 11 is 0.